The zero-order chi connectivity index (χ0) is 34.2. The molecule has 2 heterocycles. The summed E-state index contributed by atoms with van der Waals surface area (Å²) in [5.74, 6) is 0.571. The topological polar surface area (TPSA) is 54.7 Å². The molecule has 0 spiro atoms. The van der Waals surface area contributed by atoms with E-state index in [1.54, 1.807) is 30.3 Å². The van der Waals surface area contributed by atoms with Crippen molar-refractivity contribution in [1.82, 2.24) is 4.98 Å². The van der Waals surface area contributed by atoms with Gasteiger partial charge in [-0.25, -0.2) is 0 Å². The minimum atomic E-state index is -1.19. The van der Waals surface area contributed by atoms with Crippen LogP contribution in [0.25, 0.3) is 21.8 Å². The standard InChI is InChI=1S/C30H41N2O2.C12H8N.Cu/c1-18(2)22-13-11-14-23(19(3)4)26(22)31-17-32(29(34)30(9,10)28(31)33)27-24(20(5)6)15-12-16-25(27)21(7)8;1-3-7-11-9(5-1)10-6-2-4-8-12(10)13-11;/h11-21H,1-10H3;1-8H;/q+1;-1;. The van der Waals surface area contributed by atoms with Gasteiger partial charge in [-0.2, -0.15) is 0 Å². The third-order valence-electron chi connectivity index (χ3n) is 9.24. The van der Waals surface area contributed by atoms with Crippen LogP contribution >= 0.6 is 0 Å². The Hall–Kier alpha value is -3.99. The minimum absolute atomic E-state index is 0. The number of para-hydroxylation sites is 4. The Labute approximate surface area is 297 Å². The molecule has 5 nitrogen and oxygen atoms in total. The van der Waals surface area contributed by atoms with Crippen molar-refractivity contribution in [2.24, 2.45) is 5.41 Å². The van der Waals surface area contributed by atoms with E-state index in [0.29, 0.717) is 0 Å². The fraction of sp³-hybridized carbons (Fsp3) is 0.357. The van der Waals surface area contributed by atoms with Crippen LogP contribution in [0.15, 0.2) is 84.9 Å². The summed E-state index contributed by atoms with van der Waals surface area (Å²) >= 11 is 0. The molecule has 1 aliphatic rings. The van der Waals surface area contributed by atoms with Gasteiger partial charge in [-0.1, -0.05) is 140 Å². The number of carbonyl (C=O) groups is 2. The summed E-state index contributed by atoms with van der Waals surface area (Å²) < 4.78 is 0. The summed E-state index contributed by atoms with van der Waals surface area (Å²) in [4.78, 5) is 35.8. The van der Waals surface area contributed by atoms with Gasteiger partial charge in [0, 0.05) is 17.1 Å². The molecule has 1 radical (unpaired) electrons. The Morgan fingerprint density at radius 2 is 0.833 bits per heavy atom. The fourth-order valence-corrected chi connectivity index (χ4v) is 6.54. The maximum Gasteiger partial charge on any atom is 0.310 e. The van der Waals surface area contributed by atoms with Gasteiger partial charge in [0.05, 0.1) is 11.4 Å². The second-order valence-corrected chi connectivity index (χ2v) is 14.4. The number of anilines is 2. The van der Waals surface area contributed by atoms with Crippen LogP contribution in [-0.4, -0.2) is 11.8 Å². The van der Waals surface area contributed by atoms with Crippen LogP contribution in [0.2, 0.25) is 0 Å². The smallest absolute Gasteiger partial charge is 0.310 e. The van der Waals surface area contributed by atoms with Crippen LogP contribution in [-0.2, 0) is 26.7 Å². The first-order chi connectivity index (χ1) is 22.2. The van der Waals surface area contributed by atoms with E-state index in [9.17, 15) is 9.59 Å². The second-order valence-electron chi connectivity index (χ2n) is 14.4. The number of hydrogen-bond acceptors (Lipinski definition) is 2. The molecule has 2 amide bonds. The average molecular weight is 691 g/mol. The summed E-state index contributed by atoms with van der Waals surface area (Å²) in [5, 5.41) is 2.50. The number of benzene rings is 4. The number of aromatic nitrogens is 1. The van der Waals surface area contributed by atoms with E-state index in [-0.39, 0.29) is 52.6 Å². The Morgan fingerprint density at radius 1 is 0.521 bits per heavy atom. The zero-order valence-electron chi connectivity index (χ0n) is 29.9. The number of nitrogens with zero attached hydrogens (tertiary/aromatic N) is 3. The molecule has 0 N–H and O–H groups in total. The Morgan fingerprint density at radius 3 is 1.15 bits per heavy atom. The molecule has 6 heteroatoms. The number of rotatable bonds is 6. The Balaban J connectivity index is 0.000000306. The molecule has 255 valence electrons. The summed E-state index contributed by atoms with van der Waals surface area (Å²) in [6, 6.07) is 29.0. The van der Waals surface area contributed by atoms with Crippen LogP contribution in [0.4, 0.5) is 11.4 Å². The van der Waals surface area contributed by atoms with E-state index in [1.165, 1.54) is 10.8 Å². The maximum absolute atomic E-state index is 13.9. The minimum Gasteiger partial charge on any atom is -0.657 e. The molecule has 0 aliphatic carbocycles. The summed E-state index contributed by atoms with van der Waals surface area (Å²) in [6.07, 6.45) is 0. The van der Waals surface area contributed by atoms with Gasteiger partial charge in [-0.15, -0.1) is 20.8 Å². The summed E-state index contributed by atoms with van der Waals surface area (Å²) in [5.41, 5.74) is 7.26. The molecular weight excluding hydrogens is 642 g/mol. The molecule has 0 saturated carbocycles. The predicted molar refractivity (Wildman–Crippen MR) is 197 cm³/mol. The average Bonchev–Trinajstić information content (AvgIpc) is 3.42. The quantitative estimate of drug-likeness (QED) is 0.101. The van der Waals surface area contributed by atoms with Crippen molar-refractivity contribution in [2.45, 2.75) is 92.9 Å². The van der Waals surface area contributed by atoms with E-state index in [2.05, 4.69) is 133 Å². The molecular formula is C42H49CuN3O2. The van der Waals surface area contributed by atoms with E-state index in [0.717, 1.165) is 44.7 Å². The van der Waals surface area contributed by atoms with Crippen LogP contribution in [0.1, 0.15) is 115 Å². The van der Waals surface area contributed by atoms with Crippen molar-refractivity contribution in [3.8, 4) is 0 Å². The van der Waals surface area contributed by atoms with Crippen molar-refractivity contribution in [3.63, 3.8) is 0 Å². The van der Waals surface area contributed by atoms with E-state index >= 15 is 0 Å². The number of hydrogen-bond donors (Lipinski definition) is 0. The van der Waals surface area contributed by atoms with Gasteiger partial charge in [0.2, 0.25) is 0 Å². The van der Waals surface area contributed by atoms with Gasteiger partial charge in [-0.05, 0) is 70.5 Å². The first-order valence-corrected chi connectivity index (χ1v) is 16.9. The SMILES string of the molecule is CC(C)c1cccc(C(C)C)c1N1[CH+]N(c2c(C(C)C)cccc2C(C)C)C(=O)C(C)(C)C1=O.[Cu].c1ccc2c(c1)[n-]c1ccccc12. The maximum atomic E-state index is 13.9. The van der Waals surface area contributed by atoms with Gasteiger partial charge in [-0.3, -0.25) is 9.59 Å². The predicted octanol–water partition coefficient (Wildman–Crippen LogP) is 10.7. The Bertz CT molecular complexity index is 1730. The van der Waals surface area contributed by atoms with E-state index in [1.807, 2.05) is 12.1 Å². The summed E-state index contributed by atoms with van der Waals surface area (Å²) in [7, 11) is 0. The Kier molecular flexibility index (Phi) is 11.2. The van der Waals surface area contributed by atoms with Crippen molar-refractivity contribution < 1.29 is 26.7 Å². The van der Waals surface area contributed by atoms with Crippen LogP contribution in [0, 0.1) is 12.1 Å². The monoisotopic (exact) mass is 690 g/mol. The van der Waals surface area contributed by atoms with Gasteiger partial charge >= 0.3 is 6.67 Å². The molecule has 1 fully saturated rings. The van der Waals surface area contributed by atoms with Gasteiger partial charge < -0.3 is 4.98 Å². The van der Waals surface area contributed by atoms with Gasteiger partial charge in [0.25, 0.3) is 11.8 Å². The van der Waals surface area contributed by atoms with Crippen molar-refractivity contribution in [2.75, 3.05) is 9.80 Å². The van der Waals surface area contributed by atoms with Gasteiger partial charge in [0.1, 0.15) is 5.41 Å². The number of carbonyl (C=O) groups excluding carboxylic acids is 2. The largest absolute Gasteiger partial charge is 0.657 e. The first kappa shape index (κ1) is 36.8. The van der Waals surface area contributed by atoms with E-state index < -0.39 is 5.41 Å². The number of fused-ring (bicyclic) bond motifs is 3. The number of amides is 2. The van der Waals surface area contributed by atoms with Crippen molar-refractivity contribution >= 4 is 45.0 Å². The molecule has 6 rings (SSSR count). The van der Waals surface area contributed by atoms with Gasteiger partial charge in [0.15, 0.2) is 0 Å². The normalized spacial score (nSPS) is 14.5. The second kappa shape index (κ2) is 14.6. The van der Waals surface area contributed by atoms with Crippen LogP contribution in [0.5, 0.6) is 0 Å². The molecule has 0 unspecified atom stereocenters. The zero-order valence-corrected chi connectivity index (χ0v) is 30.9. The molecule has 0 atom stereocenters. The van der Waals surface area contributed by atoms with E-state index in [4.69, 9.17) is 0 Å². The molecule has 1 aromatic heterocycles. The summed E-state index contributed by atoms with van der Waals surface area (Å²) in [6.45, 7) is 22.5. The molecule has 48 heavy (non-hydrogen) atoms. The first-order valence-electron chi connectivity index (χ1n) is 16.9. The molecule has 1 aliphatic heterocycles. The molecule has 4 aromatic carbocycles. The third kappa shape index (κ3) is 6.79. The molecule has 1 saturated heterocycles. The van der Waals surface area contributed by atoms with Crippen LogP contribution in [0.3, 0.4) is 0 Å². The fourth-order valence-electron chi connectivity index (χ4n) is 6.54. The molecule has 0 bridgehead atoms. The third-order valence-corrected chi connectivity index (χ3v) is 9.24. The molecule has 5 aromatic rings. The van der Waals surface area contributed by atoms with Crippen LogP contribution < -0.4 is 14.8 Å². The van der Waals surface area contributed by atoms with Crippen molar-refractivity contribution in [1.29, 1.82) is 0 Å². The van der Waals surface area contributed by atoms with Crippen molar-refractivity contribution in [3.05, 3.63) is 114 Å².